The van der Waals surface area contributed by atoms with E-state index in [1.165, 1.54) is 17.2 Å². The lowest BCUT2D eigenvalue weighted by Gasteiger charge is -2.31. The Labute approximate surface area is 198 Å². The zero-order chi connectivity index (χ0) is 24.5. The number of amides is 2. The average Bonchev–Trinajstić information content (AvgIpc) is 2.83. The topological polar surface area (TPSA) is 85.5 Å². The number of hydrogen-bond donors (Lipinski definition) is 2. The van der Waals surface area contributed by atoms with Gasteiger partial charge in [-0.05, 0) is 56.3 Å². The first kappa shape index (κ1) is 25.6. The van der Waals surface area contributed by atoms with Crippen LogP contribution in [0.25, 0.3) is 0 Å². The Morgan fingerprint density at radius 1 is 1.21 bits per heavy atom. The molecule has 2 N–H and O–H groups in total. The van der Waals surface area contributed by atoms with Gasteiger partial charge in [0.2, 0.25) is 0 Å². The van der Waals surface area contributed by atoms with Crippen molar-refractivity contribution in [2.75, 3.05) is 33.2 Å². The minimum atomic E-state index is -2.29. The largest absolute Gasteiger partial charge is 0.352 e. The lowest BCUT2D eigenvalue weighted by atomic mass is 9.92. The summed E-state index contributed by atoms with van der Waals surface area (Å²) in [6.07, 6.45) is 2.50. The van der Waals surface area contributed by atoms with Gasteiger partial charge in [0, 0.05) is 26.3 Å². The Morgan fingerprint density at radius 3 is 2.59 bits per heavy atom. The quantitative estimate of drug-likeness (QED) is 0.518. The number of nitrogens with zero attached hydrogens (tertiary/aromatic N) is 2. The van der Waals surface area contributed by atoms with Gasteiger partial charge in [-0.1, -0.05) is 30.3 Å². The summed E-state index contributed by atoms with van der Waals surface area (Å²) in [5.74, 6) is -0.344. The smallest absolute Gasteiger partial charge is 0.260 e. The number of nitrogens with one attached hydrogen (secondary N) is 2. The fourth-order valence-corrected chi connectivity index (χ4v) is 4.26. The first-order valence-electron chi connectivity index (χ1n) is 11.6. The van der Waals surface area contributed by atoms with Crippen LogP contribution in [0.4, 0.5) is 8.78 Å². The highest BCUT2D eigenvalue weighted by Crippen LogP contribution is 2.22. The molecule has 3 rings (SSSR count). The summed E-state index contributed by atoms with van der Waals surface area (Å²) >= 11 is 0. The molecule has 0 spiro atoms. The number of benzene rings is 1. The molecule has 0 aliphatic carbocycles. The van der Waals surface area contributed by atoms with Crippen LogP contribution in [0.1, 0.15) is 52.0 Å². The van der Waals surface area contributed by atoms with Gasteiger partial charge in [0.15, 0.2) is 0 Å². The summed E-state index contributed by atoms with van der Waals surface area (Å²) in [5.41, 5.74) is 0.529. The maximum atomic E-state index is 12.8. The SMILES string of the molecule is CN(Cc1ccccc1)C(=O)c1cc(C(=O)NCCCC2CCN(CC(F)F)CC2)c[nH]c1=O. The molecule has 1 aromatic heterocycles. The molecule has 2 aromatic rings. The van der Waals surface area contributed by atoms with Gasteiger partial charge >= 0.3 is 0 Å². The van der Waals surface area contributed by atoms with Gasteiger partial charge in [0.1, 0.15) is 5.56 Å². The molecule has 34 heavy (non-hydrogen) atoms. The molecule has 1 saturated heterocycles. The number of H-pyrrole nitrogens is 1. The van der Waals surface area contributed by atoms with Crippen LogP contribution in [-0.4, -0.2) is 66.3 Å². The molecule has 1 fully saturated rings. The maximum Gasteiger partial charge on any atom is 0.260 e. The zero-order valence-electron chi connectivity index (χ0n) is 19.4. The molecule has 0 atom stereocenters. The molecule has 184 valence electrons. The van der Waals surface area contributed by atoms with Crippen molar-refractivity contribution in [3.63, 3.8) is 0 Å². The summed E-state index contributed by atoms with van der Waals surface area (Å²) < 4.78 is 25.0. The molecule has 0 bridgehead atoms. The normalized spacial score (nSPS) is 14.8. The van der Waals surface area contributed by atoms with Crippen LogP contribution in [0.15, 0.2) is 47.4 Å². The van der Waals surface area contributed by atoms with Gasteiger partial charge < -0.3 is 15.2 Å². The molecule has 1 aliphatic rings. The lowest BCUT2D eigenvalue weighted by molar-refractivity contribution is 0.0678. The van der Waals surface area contributed by atoms with Crippen molar-refractivity contribution >= 4 is 11.8 Å². The highest BCUT2D eigenvalue weighted by Gasteiger charge is 2.21. The van der Waals surface area contributed by atoms with Crippen LogP contribution in [0.3, 0.4) is 0 Å². The number of aromatic nitrogens is 1. The molecular weight excluding hydrogens is 442 g/mol. The van der Waals surface area contributed by atoms with E-state index in [0.29, 0.717) is 32.1 Å². The van der Waals surface area contributed by atoms with Crippen LogP contribution in [0.5, 0.6) is 0 Å². The van der Waals surface area contributed by atoms with E-state index in [1.54, 1.807) is 11.9 Å². The highest BCUT2D eigenvalue weighted by molar-refractivity contribution is 5.99. The summed E-state index contributed by atoms with van der Waals surface area (Å²) in [5, 5.41) is 2.83. The number of piperidine rings is 1. The predicted octanol–water partition coefficient (Wildman–Crippen LogP) is 3.13. The Kier molecular flexibility index (Phi) is 9.33. The van der Waals surface area contributed by atoms with Crippen LogP contribution >= 0.6 is 0 Å². The van der Waals surface area contributed by atoms with Crippen LogP contribution < -0.4 is 10.9 Å². The molecule has 2 amide bonds. The lowest BCUT2D eigenvalue weighted by Crippen LogP contribution is -2.37. The van der Waals surface area contributed by atoms with Crippen LogP contribution in [0, 0.1) is 5.92 Å². The third-order valence-electron chi connectivity index (χ3n) is 6.18. The fourth-order valence-electron chi connectivity index (χ4n) is 4.26. The summed E-state index contributed by atoms with van der Waals surface area (Å²) in [7, 11) is 1.61. The van der Waals surface area contributed by atoms with Gasteiger partial charge in [0.05, 0.1) is 12.1 Å². The average molecular weight is 475 g/mol. The first-order valence-corrected chi connectivity index (χ1v) is 11.6. The predicted molar refractivity (Wildman–Crippen MR) is 126 cm³/mol. The number of pyridine rings is 1. The van der Waals surface area contributed by atoms with E-state index in [9.17, 15) is 23.2 Å². The molecule has 9 heteroatoms. The van der Waals surface area contributed by atoms with Crippen molar-refractivity contribution in [1.82, 2.24) is 20.1 Å². The molecule has 0 radical (unpaired) electrons. The van der Waals surface area contributed by atoms with Crippen molar-refractivity contribution in [3.8, 4) is 0 Å². The molecule has 1 aliphatic heterocycles. The number of rotatable bonds is 10. The van der Waals surface area contributed by atoms with Crippen molar-refractivity contribution in [2.45, 2.75) is 38.7 Å². The third kappa shape index (κ3) is 7.48. The number of hydrogen-bond acceptors (Lipinski definition) is 4. The van der Waals surface area contributed by atoms with Gasteiger partial charge in [-0.25, -0.2) is 8.78 Å². The standard InChI is InChI=1S/C25H32F2N4O3/c1-30(16-19-6-3-2-4-7-19)25(34)21-14-20(15-29-24(21)33)23(32)28-11-5-8-18-9-12-31(13-10-18)17-22(26)27/h2-4,6-7,14-15,18,22H,5,8-13,16-17H2,1H3,(H,28,32)(H,29,33). The van der Waals surface area contributed by atoms with Gasteiger partial charge in [0.25, 0.3) is 23.8 Å². The third-order valence-corrected chi connectivity index (χ3v) is 6.18. The Balaban J connectivity index is 1.47. The molecule has 2 heterocycles. The van der Waals surface area contributed by atoms with Gasteiger partial charge in [-0.15, -0.1) is 0 Å². The van der Waals surface area contributed by atoms with E-state index < -0.39 is 17.9 Å². The Morgan fingerprint density at radius 2 is 1.91 bits per heavy atom. The second-order valence-electron chi connectivity index (χ2n) is 8.81. The molecule has 1 aromatic carbocycles. The number of aromatic amines is 1. The van der Waals surface area contributed by atoms with Crippen molar-refractivity contribution in [3.05, 3.63) is 69.6 Å². The Hall–Kier alpha value is -3.07. The van der Waals surface area contributed by atoms with Gasteiger partial charge in [-0.3, -0.25) is 19.3 Å². The van der Waals surface area contributed by atoms with Crippen molar-refractivity contribution < 1.29 is 18.4 Å². The molecule has 0 unspecified atom stereocenters. The van der Waals surface area contributed by atoms with E-state index >= 15 is 0 Å². The van der Waals surface area contributed by atoms with E-state index in [-0.39, 0.29) is 23.6 Å². The Bertz CT molecular complexity index is 1000. The highest BCUT2D eigenvalue weighted by atomic mass is 19.3. The number of likely N-dealkylation sites (tertiary alicyclic amines) is 1. The fraction of sp³-hybridized carbons (Fsp3) is 0.480. The second-order valence-corrected chi connectivity index (χ2v) is 8.81. The number of alkyl halides is 2. The summed E-state index contributed by atoms with van der Waals surface area (Å²) in [6.45, 7) is 2.03. The number of carbonyl (C=O) groups is 2. The minimum Gasteiger partial charge on any atom is -0.352 e. The van der Waals surface area contributed by atoms with Crippen LogP contribution in [0.2, 0.25) is 0 Å². The molecule has 0 saturated carbocycles. The van der Waals surface area contributed by atoms with E-state index in [0.717, 1.165) is 31.2 Å². The van der Waals surface area contributed by atoms with E-state index in [2.05, 4.69) is 10.3 Å². The maximum absolute atomic E-state index is 12.8. The zero-order valence-corrected chi connectivity index (χ0v) is 19.4. The van der Waals surface area contributed by atoms with Crippen molar-refractivity contribution in [2.24, 2.45) is 5.92 Å². The monoisotopic (exact) mass is 474 g/mol. The number of carbonyl (C=O) groups excluding carboxylic acids is 2. The van der Waals surface area contributed by atoms with E-state index in [1.807, 2.05) is 30.3 Å². The van der Waals surface area contributed by atoms with Crippen molar-refractivity contribution in [1.29, 1.82) is 0 Å². The van der Waals surface area contributed by atoms with Crippen LogP contribution in [-0.2, 0) is 6.54 Å². The van der Waals surface area contributed by atoms with E-state index in [4.69, 9.17) is 0 Å². The minimum absolute atomic E-state index is 0.0818. The summed E-state index contributed by atoms with van der Waals surface area (Å²) in [6, 6.07) is 10.8. The van der Waals surface area contributed by atoms with Gasteiger partial charge in [-0.2, -0.15) is 0 Å². The first-order chi connectivity index (χ1) is 16.3. The molecule has 7 nitrogen and oxygen atoms in total. The summed E-state index contributed by atoms with van der Waals surface area (Å²) in [4.78, 5) is 43.3. The number of halogens is 2. The second kappa shape index (κ2) is 12.4. The molecular formula is C25H32F2N4O3.